The van der Waals surface area contributed by atoms with Crippen LogP contribution >= 0.6 is 0 Å². The molecule has 142 valence electrons. The van der Waals surface area contributed by atoms with Crippen molar-refractivity contribution in [1.82, 2.24) is 4.90 Å². The van der Waals surface area contributed by atoms with Gasteiger partial charge in [-0.3, -0.25) is 0 Å². The molecule has 0 unspecified atom stereocenters. The molecule has 0 fully saturated rings. The number of hydrogen-bond donors (Lipinski definition) is 0. The maximum atomic E-state index is 6.39. The Bertz CT molecular complexity index is 479. The number of nitrogens with zero attached hydrogens (tertiary/aromatic N) is 1. The molecule has 25 heavy (non-hydrogen) atoms. The third-order valence-electron chi connectivity index (χ3n) is 4.40. The van der Waals surface area contributed by atoms with Gasteiger partial charge in [-0.2, -0.15) is 0 Å². The number of hydrogen-bond acceptors (Lipinski definition) is 3. The van der Waals surface area contributed by atoms with Crippen LogP contribution in [0.3, 0.4) is 0 Å². The van der Waals surface area contributed by atoms with Gasteiger partial charge in [0, 0.05) is 19.4 Å². The minimum absolute atomic E-state index is 0.680. The zero-order chi connectivity index (χ0) is 18.5. The summed E-state index contributed by atoms with van der Waals surface area (Å²) in [5.41, 5.74) is 1.13. The molecule has 0 saturated carbocycles. The molecule has 0 amide bonds. The highest BCUT2D eigenvalue weighted by molar-refractivity contribution is 6.81. The lowest BCUT2D eigenvalue weighted by atomic mass is 10.2. The van der Waals surface area contributed by atoms with Crippen molar-refractivity contribution in [1.29, 1.82) is 0 Å². The molecular formula is C21H37NO2Si. The first-order chi connectivity index (χ1) is 12.2. The summed E-state index contributed by atoms with van der Waals surface area (Å²) in [4.78, 5) is 2.56. The van der Waals surface area contributed by atoms with Gasteiger partial charge in [-0.25, -0.2) is 0 Å². The zero-order valence-electron chi connectivity index (χ0n) is 16.7. The molecule has 0 spiro atoms. The topological polar surface area (TPSA) is 21.7 Å². The van der Waals surface area contributed by atoms with Crippen molar-refractivity contribution in [2.24, 2.45) is 0 Å². The molecule has 0 aliphatic rings. The monoisotopic (exact) mass is 363 g/mol. The van der Waals surface area contributed by atoms with Crippen LogP contribution in [0.5, 0.6) is 0 Å². The summed E-state index contributed by atoms with van der Waals surface area (Å²) in [6, 6.07) is 8.54. The van der Waals surface area contributed by atoms with Crippen LogP contribution in [0.1, 0.15) is 58.9 Å². The smallest absolute Gasteiger partial charge is 0.387 e. The van der Waals surface area contributed by atoms with Gasteiger partial charge >= 0.3 is 8.56 Å². The Hall–Kier alpha value is -0.943. The van der Waals surface area contributed by atoms with Crippen LogP contribution in [0.25, 0.3) is 6.08 Å². The molecule has 0 atom stereocenters. The first kappa shape index (κ1) is 22.1. The van der Waals surface area contributed by atoms with E-state index in [4.69, 9.17) is 8.85 Å². The highest BCUT2D eigenvalue weighted by atomic mass is 28.4. The maximum absolute atomic E-state index is 6.39. The first-order valence-electron chi connectivity index (χ1n) is 9.88. The number of rotatable bonds is 14. The Balaban J connectivity index is 3.15. The molecule has 0 heterocycles. The fourth-order valence-corrected chi connectivity index (χ4v) is 6.44. The average molecular weight is 364 g/mol. The van der Waals surface area contributed by atoms with Crippen LogP contribution in [0, 0.1) is 0 Å². The van der Waals surface area contributed by atoms with Crippen LogP contribution in [0.4, 0.5) is 0 Å². The van der Waals surface area contributed by atoms with Gasteiger partial charge < -0.3 is 13.8 Å². The Labute approximate surface area is 156 Å². The minimum atomic E-state index is -2.50. The van der Waals surface area contributed by atoms with E-state index in [9.17, 15) is 0 Å². The van der Waals surface area contributed by atoms with Crippen LogP contribution in [0.15, 0.2) is 30.8 Å². The van der Waals surface area contributed by atoms with Crippen molar-refractivity contribution in [2.75, 3.05) is 32.5 Å². The SMILES string of the molecule is C=Cc1cccc([Si](CN(CCCC)CCCC)(OCC)OCC)c1. The molecule has 1 aromatic carbocycles. The molecule has 4 heteroatoms. The van der Waals surface area contributed by atoms with Crippen molar-refractivity contribution in [3.63, 3.8) is 0 Å². The normalized spacial score (nSPS) is 11.9. The molecule has 1 rings (SSSR count). The molecule has 0 N–H and O–H groups in total. The van der Waals surface area contributed by atoms with E-state index in [-0.39, 0.29) is 0 Å². The summed E-state index contributed by atoms with van der Waals surface area (Å²) in [7, 11) is -2.50. The average Bonchev–Trinajstić information content (AvgIpc) is 2.64. The third kappa shape index (κ3) is 7.06. The molecule has 0 aliphatic heterocycles. The summed E-state index contributed by atoms with van der Waals surface area (Å²) in [6.07, 6.45) is 7.67. The molecule has 0 saturated heterocycles. The van der Waals surface area contributed by atoms with Gasteiger partial charge in [0.15, 0.2) is 0 Å². The van der Waals surface area contributed by atoms with Crippen molar-refractivity contribution in [2.45, 2.75) is 53.4 Å². The second-order valence-corrected chi connectivity index (χ2v) is 9.41. The predicted molar refractivity (Wildman–Crippen MR) is 111 cm³/mol. The third-order valence-corrected chi connectivity index (χ3v) is 7.97. The van der Waals surface area contributed by atoms with E-state index in [2.05, 4.69) is 63.4 Å². The summed E-state index contributed by atoms with van der Waals surface area (Å²) >= 11 is 0. The van der Waals surface area contributed by atoms with Gasteiger partial charge in [-0.15, -0.1) is 0 Å². The highest BCUT2D eigenvalue weighted by Crippen LogP contribution is 2.14. The summed E-state index contributed by atoms with van der Waals surface area (Å²) < 4.78 is 12.8. The quantitative estimate of drug-likeness (QED) is 0.455. The van der Waals surface area contributed by atoms with E-state index in [1.807, 2.05) is 6.08 Å². The Morgan fingerprint density at radius 3 is 2.08 bits per heavy atom. The van der Waals surface area contributed by atoms with E-state index in [0.717, 1.165) is 24.8 Å². The Morgan fingerprint density at radius 2 is 1.60 bits per heavy atom. The van der Waals surface area contributed by atoms with Gasteiger partial charge in [-0.05, 0) is 50.5 Å². The summed E-state index contributed by atoms with van der Waals surface area (Å²) in [6.45, 7) is 16.2. The summed E-state index contributed by atoms with van der Waals surface area (Å²) in [5, 5.41) is 1.21. The van der Waals surface area contributed by atoms with Crippen LogP contribution in [-0.2, 0) is 8.85 Å². The fourth-order valence-electron chi connectivity index (χ4n) is 3.09. The van der Waals surface area contributed by atoms with Crippen LogP contribution < -0.4 is 5.19 Å². The van der Waals surface area contributed by atoms with Crippen LogP contribution in [0.2, 0.25) is 0 Å². The number of unbranched alkanes of at least 4 members (excludes halogenated alkanes) is 2. The van der Waals surface area contributed by atoms with E-state index in [1.54, 1.807) is 0 Å². The minimum Gasteiger partial charge on any atom is -0.391 e. The van der Waals surface area contributed by atoms with E-state index in [0.29, 0.717) is 13.2 Å². The van der Waals surface area contributed by atoms with Gasteiger partial charge in [0.05, 0.1) is 0 Å². The lowest BCUT2D eigenvalue weighted by Gasteiger charge is -2.35. The molecule has 0 bridgehead atoms. The van der Waals surface area contributed by atoms with E-state index < -0.39 is 8.56 Å². The summed E-state index contributed by atoms with van der Waals surface area (Å²) in [5.74, 6) is 0. The van der Waals surface area contributed by atoms with Crippen molar-refractivity contribution in [3.05, 3.63) is 36.4 Å². The van der Waals surface area contributed by atoms with Gasteiger partial charge in [0.2, 0.25) is 0 Å². The van der Waals surface area contributed by atoms with Crippen LogP contribution in [-0.4, -0.2) is 45.9 Å². The lowest BCUT2D eigenvalue weighted by molar-refractivity contribution is 0.169. The van der Waals surface area contributed by atoms with Crippen molar-refractivity contribution in [3.8, 4) is 0 Å². The predicted octanol–water partition coefficient (Wildman–Crippen LogP) is 4.49. The van der Waals surface area contributed by atoms with E-state index in [1.165, 1.54) is 30.9 Å². The zero-order valence-corrected chi connectivity index (χ0v) is 17.7. The molecule has 1 aromatic rings. The number of benzene rings is 1. The largest absolute Gasteiger partial charge is 0.391 e. The second kappa shape index (κ2) is 12.4. The molecule has 0 aliphatic carbocycles. The first-order valence-corrected chi connectivity index (χ1v) is 11.9. The lowest BCUT2D eigenvalue weighted by Crippen LogP contribution is -2.61. The van der Waals surface area contributed by atoms with Crippen molar-refractivity contribution < 1.29 is 8.85 Å². The Morgan fingerprint density at radius 1 is 1.00 bits per heavy atom. The van der Waals surface area contributed by atoms with Gasteiger partial charge in [-0.1, -0.05) is 63.6 Å². The molecule has 0 radical (unpaired) electrons. The van der Waals surface area contributed by atoms with Gasteiger partial charge in [0.25, 0.3) is 0 Å². The second-order valence-electron chi connectivity index (χ2n) is 6.43. The van der Waals surface area contributed by atoms with Gasteiger partial charge in [0.1, 0.15) is 0 Å². The highest BCUT2D eigenvalue weighted by Gasteiger charge is 2.41. The van der Waals surface area contributed by atoms with E-state index >= 15 is 0 Å². The maximum Gasteiger partial charge on any atom is 0.387 e. The molecule has 3 nitrogen and oxygen atoms in total. The van der Waals surface area contributed by atoms with Crippen molar-refractivity contribution >= 4 is 19.8 Å². The molecule has 0 aromatic heterocycles. The standard InChI is InChI=1S/C21H37NO2Si/c1-6-11-16-22(17-12-7-2)19-25(23-9-4,24-10-5)21-15-13-14-20(8-3)18-21/h8,13-15,18H,3,6-7,9-12,16-17,19H2,1-2,4-5H3. The fraction of sp³-hybridized carbons (Fsp3) is 0.619. The molecular weight excluding hydrogens is 326 g/mol. The Kier molecular flexibility index (Phi) is 11.0.